The maximum absolute atomic E-state index is 3.52. The molecule has 1 nitrogen and oxygen atoms in total. The van der Waals surface area contributed by atoms with Crippen molar-refractivity contribution in [3.63, 3.8) is 0 Å². The van der Waals surface area contributed by atoms with Crippen LogP contribution in [-0.2, 0) is 6.42 Å². The van der Waals surface area contributed by atoms with E-state index in [0.29, 0.717) is 5.92 Å². The maximum Gasteiger partial charge on any atom is 0.00174 e. The minimum absolute atomic E-state index is 0.579. The molecule has 2 aromatic rings. The first-order valence-electron chi connectivity index (χ1n) is 7.71. The van der Waals surface area contributed by atoms with Crippen LogP contribution in [0.1, 0.15) is 42.9 Å². The summed E-state index contributed by atoms with van der Waals surface area (Å²) in [6.07, 6.45) is 2.29. The molecule has 104 valence electrons. The Morgan fingerprint density at radius 1 is 1.05 bits per heavy atom. The number of hydrogen-bond acceptors (Lipinski definition) is 1. The van der Waals surface area contributed by atoms with Gasteiger partial charge in [0.05, 0.1) is 0 Å². The fraction of sp³-hybridized carbons (Fsp3) is 0.368. The van der Waals surface area contributed by atoms with Crippen molar-refractivity contribution in [2.24, 2.45) is 0 Å². The van der Waals surface area contributed by atoms with Gasteiger partial charge in [-0.15, -0.1) is 0 Å². The third-order valence-electron chi connectivity index (χ3n) is 4.26. The standard InChI is InChI=1S/C19H23N/c1-3-10-20-13-14(2)15-8-9-19-17(11-15)12-16-6-4-5-7-18(16)19/h4-9,11,14,20H,3,10,12-13H2,1-2H3. The molecular formula is C19H23N. The maximum atomic E-state index is 3.52. The fourth-order valence-corrected chi connectivity index (χ4v) is 3.08. The molecule has 1 unspecified atom stereocenters. The van der Waals surface area contributed by atoms with E-state index in [1.54, 1.807) is 0 Å². The Balaban J connectivity index is 1.80. The SMILES string of the molecule is CCCNCC(C)c1ccc2c(c1)Cc1ccccc1-2. The lowest BCUT2D eigenvalue weighted by atomic mass is 9.96. The first kappa shape index (κ1) is 13.4. The van der Waals surface area contributed by atoms with Gasteiger partial charge in [0.1, 0.15) is 0 Å². The first-order valence-corrected chi connectivity index (χ1v) is 7.71. The molecule has 1 aliphatic carbocycles. The molecule has 20 heavy (non-hydrogen) atoms. The number of hydrogen-bond donors (Lipinski definition) is 1. The van der Waals surface area contributed by atoms with Crippen LogP contribution in [0.15, 0.2) is 42.5 Å². The van der Waals surface area contributed by atoms with E-state index < -0.39 is 0 Å². The quantitative estimate of drug-likeness (QED) is 0.676. The summed E-state index contributed by atoms with van der Waals surface area (Å²) < 4.78 is 0. The number of fused-ring (bicyclic) bond motifs is 3. The molecule has 0 radical (unpaired) electrons. The molecule has 1 N–H and O–H groups in total. The normalized spacial score (nSPS) is 13.9. The van der Waals surface area contributed by atoms with Crippen molar-refractivity contribution in [2.45, 2.75) is 32.6 Å². The molecular weight excluding hydrogens is 242 g/mol. The van der Waals surface area contributed by atoms with Gasteiger partial charge in [-0.25, -0.2) is 0 Å². The van der Waals surface area contributed by atoms with Gasteiger partial charge in [-0.3, -0.25) is 0 Å². The van der Waals surface area contributed by atoms with E-state index in [0.717, 1.165) is 19.5 Å². The molecule has 1 atom stereocenters. The summed E-state index contributed by atoms with van der Waals surface area (Å²) in [6.45, 7) is 6.71. The smallest absolute Gasteiger partial charge is 0.00174 e. The van der Waals surface area contributed by atoms with E-state index >= 15 is 0 Å². The Labute approximate surface area is 122 Å². The summed E-state index contributed by atoms with van der Waals surface area (Å²) in [6, 6.07) is 15.8. The third-order valence-corrected chi connectivity index (χ3v) is 4.26. The molecule has 1 heteroatoms. The van der Waals surface area contributed by atoms with E-state index in [2.05, 4.69) is 61.6 Å². The van der Waals surface area contributed by atoms with Crippen molar-refractivity contribution in [1.29, 1.82) is 0 Å². The molecule has 0 saturated heterocycles. The van der Waals surface area contributed by atoms with Crippen LogP contribution in [0, 0.1) is 0 Å². The second-order valence-corrected chi connectivity index (χ2v) is 5.86. The van der Waals surface area contributed by atoms with Crippen LogP contribution in [0.25, 0.3) is 11.1 Å². The Morgan fingerprint density at radius 3 is 2.70 bits per heavy atom. The van der Waals surface area contributed by atoms with Crippen LogP contribution >= 0.6 is 0 Å². The van der Waals surface area contributed by atoms with E-state index in [4.69, 9.17) is 0 Å². The number of rotatable bonds is 5. The van der Waals surface area contributed by atoms with Gasteiger partial charge in [0.2, 0.25) is 0 Å². The zero-order valence-corrected chi connectivity index (χ0v) is 12.4. The highest BCUT2D eigenvalue weighted by Crippen LogP contribution is 2.37. The van der Waals surface area contributed by atoms with Crippen molar-refractivity contribution >= 4 is 0 Å². The summed E-state index contributed by atoms with van der Waals surface area (Å²) in [7, 11) is 0. The van der Waals surface area contributed by atoms with Gasteiger partial charge < -0.3 is 5.32 Å². The van der Waals surface area contributed by atoms with Crippen molar-refractivity contribution in [1.82, 2.24) is 5.32 Å². The Kier molecular flexibility index (Phi) is 3.88. The molecule has 1 aliphatic rings. The van der Waals surface area contributed by atoms with Gasteiger partial charge in [-0.2, -0.15) is 0 Å². The average molecular weight is 265 g/mol. The summed E-state index contributed by atoms with van der Waals surface area (Å²) in [5, 5.41) is 3.52. The molecule has 0 spiro atoms. The van der Waals surface area contributed by atoms with Crippen molar-refractivity contribution in [2.75, 3.05) is 13.1 Å². The zero-order chi connectivity index (χ0) is 13.9. The molecule has 0 fully saturated rings. The molecule has 0 saturated carbocycles. The van der Waals surface area contributed by atoms with Gasteiger partial charge in [-0.05, 0) is 53.1 Å². The number of benzene rings is 2. The van der Waals surface area contributed by atoms with Crippen molar-refractivity contribution in [3.05, 3.63) is 59.2 Å². The monoisotopic (exact) mass is 265 g/mol. The highest BCUT2D eigenvalue weighted by molar-refractivity contribution is 5.76. The minimum Gasteiger partial charge on any atom is -0.316 e. The van der Waals surface area contributed by atoms with Gasteiger partial charge in [0.25, 0.3) is 0 Å². The fourth-order valence-electron chi connectivity index (χ4n) is 3.08. The predicted molar refractivity (Wildman–Crippen MR) is 86.3 cm³/mol. The lowest BCUT2D eigenvalue weighted by Gasteiger charge is -2.14. The largest absolute Gasteiger partial charge is 0.316 e. The first-order chi connectivity index (χ1) is 9.79. The third kappa shape index (κ3) is 2.51. The van der Waals surface area contributed by atoms with Crippen LogP contribution in [0.4, 0.5) is 0 Å². The Morgan fingerprint density at radius 2 is 1.85 bits per heavy atom. The Hall–Kier alpha value is -1.60. The van der Waals surface area contributed by atoms with E-state index in [1.807, 2.05) is 0 Å². The molecule has 0 heterocycles. The number of nitrogens with one attached hydrogen (secondary N) is 1. The summed E-state index contributed by atoms with van der Waals surface area (Å²) in [5.74, 6) is 0.579. The van der Waals surface area contributed by atoms with Gasteiger partial charge in [0, 0.05) is 6.54 Å². The van der Waals surface area contributed by atoms with E-state index in [-0.39, 0.29) is 0 Å². The summed E-state index contributed by atoms with van der Waals surface area (Å²) in [5.41, 5.74) is 7.27. The molecule has 0 amide bonds. The van der Waals surface area contributed by atoms with Crippen molar-refractivity contribution < 1.29 is 0 Å². The van der Waals surface area contributed by atoms with Gasteiger partial charge in [0.15, 0.2) is 0 Å². The zero-order valence-electron chi connectivity index (χ0n) is 12.4. The van der Waals surface area contributed by atoms with Crippen LogP contribution in [0.2, 0.25) is 0 Å². The molecule has 0 aromatic heterocycles. The highest BCUT2D eigenvalue weighted by atomic mass is 14.8. The average Bonchev–Trinajstić information content (AvgIpc) is 2.85. The Bertz CT molecular complexity index is 600. The minimum atomic E-state index is 0.579. The van der Waals surface area contributed by atoms with Gasteiger partial charge in [-0.1, -0.05) is 56.3 Å². The molecule has 2 aromatic carbocycles. The van der Waals surface area contributed by atoms with Gasteiger partial charge >= 0.3 is 0 Å². The summed E-state index contributed by atoms with van der Waals surface area (Å²) in [4.78, 5) is 0. The second-order valence-electron chi connectivity index (χ2n) is 5.86. The van der Waals surface area contributed by atoms with Crippen LogP contribution in [-0.4, -0.2) is 13.1 Å². The van der Waals surface area contributed by atoms with Crippen LogP contribution < -0.4 is 5.32 Å². The molecule has 3 rings (SSSR count). The predicted octanol–water partition coefficient (Wildman–Crippen LogP) is 4.36. The van der Waals surface area contributed by atoms with Crippen LogP contribution in [0.5, 0.6) is 0 Å². The van der Waals surface area contributed by atoms with Crippen molar-refractivity contribution in [3.8, 4) is 11.1 Å². The summed E-state index contributed by atoms with van der Waals surface area (Å²) >= 11 is 0. The lowest BCUT2D eigenvalue weighted by Crippen LogP contribution is -2.20. The van der Waals surface area contributed by atoms with E-state index in [1.165, 1.54) is 34.2 Å². The van der Waals surface area contributed by atoms with E-state index in [9.17, 15) is 0 Å². The molecule has 0 bridgehead atoms. The van der Waals surface area contributed by atoms with Crippen LogP contribution in [0.3, 0.4) is 0 Å². The lowest BCUT2D eigenvalue weighted by molar-refractivity contribution is 0.609. The topological polar surface area (TPSA) is 12.0 Å². The second kappa shape index (κ2) is 5.80. The highest BCUT2D eigenvalue weighted by Gasteiger charge is 2.18. The molecule has 0 aliphatic heterocycles.